The highest BCUT2D eigenvalue weighted by Gasteiger charge is 2.33. The maximum absolute atomic E-state index is 15.1. The Morgan fingerprint density at radius 2 is 2.00 bits per heavy atom. The van der Waals surface area contributed by atoms with Crippen LogP contribution in [0.4, 0.5) is 20.6 Å². The molecule has 0 spiro atoms. The number of tetrazole rings is 1. The number of cyclic esters (lactones) is 1. The number of amides is 2. The van der Waals surface area contributed by atoms with Gasteiger partial charge in [-0.2, -0.15) is 4.80 Å². The van der Waals surface area contributed by atoms with Crippen molar-refractivity contribution in [3.8, 4) is 11.4 Å². The Hall–Kier alpha value is -4.02. The number of carbonyl (C=O) groups excluding carboxylic acids is 2. The molecule has 2 aliphatic heterocycles. The van der Waals surface area contributed by atoms with E-state index in [1.807, 2.05) is 36.1 Å². The van der Waals surface area contributed by atoms with Crippen molar-refractivity contribution in [2.45, 2.75) is 32.4 Å². The van der Waals surface area contributed by atoms with Crippen molar-refractivity contribution in [1.29, 1.82) is 0 Å². The zero-order chi connectivity index (χ0) is 24.5. The van der Waals surface area contributed by atoms with Crippen LogP contribution in [0.25, 0.3) is 11.4 Å². The zero-order valence-corrected chi connectivity index (χ0v) is 19.5. The molecule has 2 amide bonds. The van der Waals surface area contributed by atoms with Crippen molar-refractivity contribution < 1.29 is 18.7 Å². The summed E-state index contributed by atoms with van der Waals surface area (Å²) in [7, 11) is 0. The molecular weight excluding hydrogens is 453 g/mol. The molecule has 1 aromatic heterocycles. The number of hydrogen-bond acceptors (Lipinski definition) is 7. The van der Waals surface area contributed by atoms with Gasteiger partial charge in [-0.05, 0) is 36.8 Å². The van der Waals surface area contributed by atoms with Gasteiger partial charge in [0.25, 0.3) is 0 Å². The highest BCUT2D eigenvalue weighted by atomic mass is 19.1. The van der Waals surface area contributed by atoms with Crippen LogP contribution in [0, 0.1) is 12.7 Å². The predicted octanol–water partition coefficient (Wildman–Crippen LogP) is 2.70. The molecule has 2 fully saturated rings. The van der Waals surface area contributed by atoms with E-state index in [2.05, 4.69) is 20.7 Å². The number of nitrogens with one attached hydrogen (secondary N) is 1. The molecule has 2 aromatic carbocycles. The lowest BCUT2D eigenvalue weighted by Gasteiger charge is -2.21. The van der Waals surface area contributed by atoms with E-state index in [1.165, 1.54) is 17.9 Å². The van der Waals surface area contributed by atoms with E-state index in [-0.39, 0.29) is 25.0 Å². The van der Waals surface area contributed by atoms with E-state index in [4.69, 9.17) is 4.74 Å². The highest BCUT2D eigenvalue weighted by Crippen LogP contribution is 2.32. The number of halogens is 1. The summed E-state index contributed by atoms with van der Waals surface area (Å²) >= 11 is 0. The van der Waals surface area contributed by atoms with Crippen molar-refractivity contribution in [3.63, 3.8) is 0 Å². The number of nitrogens with zero attached hydrogens (tertiary/aromatic N) is 6. The topological polar surface area (TPSA) is 105 Å². The first-order chi connectivity index (χ1) is 16.9. The third kappa shape index (κ3) is 4.79. The molecule has 2 aliphatic rings. The van der Waals surface area contributed by atoms with Crippen LogP contribution in [0.3, 0.4) is 0 Å². The fourth-order valence-electron chi connectivity index (χ4n) is 4.36. The molecule has 0 bridgehead atoms. The second kappa shape index (κ2) is 9.32. The molecule has 1 N–H and O–H groups in total. The number of aromatic nitrogens is 4. The lowest BCUT2D eigenvalue weighted by Crippen LogP contribution is -2.33. The average molecular weight is 480 g/mol. The van der Waals surface area contributed by atoms with E-state index in [0.717, 1.165) is 17.5 Å². The second-order valence-electron chi connectivity index (χ2n) is 8.88. The van der Waals surface area contributed by atoms with Crippen molar-refractivity contribution in [3.05, 3.63) is 53.8 Å². The van der Waals surface area contributed by atoms with E-state index in [9.17, 15) is 9.59 Å². The Labute approximate surface area is 201 Å². The lowest BCUT2D eigenvalue weighted by molar-refractivity contribution is -0.119. The summed E-state index contributed by atoms with van der Waals surface area (Å²) in [5, 5.41) is 15.6. The van der Waals surface area contributed by atoms with Crippen LogP contribution in [-0.4, -0.2) is 64.5 Å². The molecule has 3 aromatic rings. The van der Waals surface area contributed by atoms with E-state index in [0.29, 0.717) is 30.3 Å². The van der Waals surface area contributed by atoms with E-state index < -0.39 is 18.0 Å². The zero-order valence-electron chi connectivity index (χ0n) is 19.5. The van der Waals surface area contributed by atoms with Crippen molar-refractivity contribution in [1.82, 2.24) is 25.5 Å². The standard InChI is InChI=1S/C24H26FN7O3/c1-15-3-5-17(6-4-15)23-27-29-32(28-23)19-9-10-30(13-19)22-8-7-18(11-21(22)25)31-14-20(35-24(31)34)12-26-16(2)33/h3-8,11,19-20H,9-10,12-14H2,1-2H3,(H,26,33)/t19-,20-/m0/s1. The largest absolute Gasteiger partial charge is 0.442 e. The van der Waals surface area contributed by atoms with Gasteiger partial charge in [0.2, 0.25) is 11.7 Å². The molecule has 35 heavy (non-hydrogen) atoms. The molecule has 2 atom stereocenters. The van der Waals surface area contributed by atoms with Gasteiger partial charge in [0.1, 0.15) is 11.9 Å². The van der Waals surface area contributed by atoms with Crippen LogP contribution >= 0.6 is 0 Å². The molecule has 10 nitrogen and oxygen atoms in total. The minimum absolute atomic E-state index is 0.0242. The molecule has 0 saturated carbocycles. The SMILES string of the molecule is CC(=O)NC[C@H]1CN(c2ccc(N3CC[C@H](n4nnc(-c5ccc(C)cc5)n4)C3)c(F)c2)C(=O)O1. The van der Waals surface area contributed by atoms with Crippen molar-refractivity contribution in [2.75, 3.05) is 36.0 Å². The Morgan fingerprint density at radius 3 is 2.74 bits per heavy atom. The number of benzene rings is 2. The van der Waals surface area contributed by atoms with Gasteiger partial charge in [0.15, 0.2) is 0 Å². The Bertz CT molecular complexity index is 1250. The van der Waals surface area contributed by atoms with Crippen LogP contribution in [0.1, 0.15) is 24.9 Å². The van der Waals surface area contributed by atoms with Crippen LogP contribution in [0.15, 0.2) is 42.5 Å². The number of aryl methyl sites for hydroxylation is 1. The molecule has 0 radical (unpaired) electrons. The quantitative estimate of drug-likeness (QED) is 0.580. The lowest BCUT2D eigenvalue weighted by atomic mass is 10.1. The highest BCUT2D eigenvalue weighted by molar-refractivity contribution is 5.90. The first-order valence-corrected chi connectivity index (χ1v) is 11.5. The first kappa shape index (κ1) is 22.8. The molecule has 5 rings (SSSR count). The van der Waals surface area contributed by atoms with Gasteiger partial charge in [-0.3, -0.25) is 9.69 Å². The molecule has 11 heteroatoms. The molecule has 3 heterocycles. The van der Waals surface area contributed by atoms with Gasteiger partial charge in [-0.25, -0.2) is 9.18 Å². The second-order valence-corrected chi connectivity index (χ2v) is 8.88. The van der Waals surface area contributed by atoms with Gasteiger partial charge < -0.3 is 15.0 Å². The van der Waals surface area contributed by atoms with Crippen LogP contribution in [-0.2, 0) is 9.53 Å². The normalized spacial score (nSPS) is 19.8. The average Bonchev–Trinajstić information content (AvgIpc) is 3.58. The first-order valence-electron chi connectivity index (χ1n) is 11.5. The fraction of sp³-hybridized carbons (Fsp3) is 0.375. The number of ether oxygens (including phenoxy) is 1. The van der Waals surface area contributed by atoms with Crippen LogP contribution in [0.2, 0.25) is 0 Å². The fourth-order valence-corrected chi connectivity index (χ4v) is 4.36. The summed E-state index contributed by atoms with van der Waals surface area (Å²) in [6.07, 6.45) is -0.280. The van der Waals surface area contributed by atoms with Crippen LogP contribution < -0.4 is 15.1 Å². The van der Waals surface area contributed by atoms with Crippen LogP contribution in [0.5, 0.6) is 0 Å². The molecule has 182 valence electrons. The number of hydrogen-bond donors (Lipinski definition) is 1. The summed E-state index contributed by atoms with van der Waals surface area (Å²) in [6.45, 7) is 5.07. The summed E-state index contributed by atoms with van der Waals surface area (Å²) in [6, 6.07) is 12.6. The minimum atomic E-state index is -0.560. The summed E-state index contributed by atoms with van der Waals surface area (Å²) in [5.41, 5.74) is 2.93. The smallest absolute Gasteiger partial charge is 0.414 e. The number of anilines is 2. The van der Waals surface area contributed by atoms with Gasteiger partial charge in [0.05, 0.1) is 30.5 Å². The van der Waals surface area contributed by atoms with Gasteiger partial charge in [-0.15, -0.1) is 10.2 Å². The van der Waals surface area contributed by atoms with E-state index >= 15 is 4.39 Å². The van der Waals surface area contributed by atoms with E-state index in [1.54, 1.807) is 16.9 Å². The number of rotatable bonds is 6. The molecular formula is C24H26FN7O3. The summed E-state index contributed by atoms with van der Waals surface area (Å²) < 4.78 is 20.4. The Morgan fingerprint density at radius 1 is 1.20 bits per heavy atom. The summed E-state index contributed by atoms with van der Waals surface area (Å²) in [4.78, 5) is 28.3. The third-order valence-electron chi connectivity index (χ3n) is 6.26. The summed E-state index contributed by atoms with van der Waals surface area (Å²) in [5.74, 6) is -0.0623. The maximum atomic E-state index is 15.1. The maximum Gasteiger partial charge on any atom is 0.414 e. The minimum Gasteiger partial charge on any atom is -0.442 e. The van der Waals surface area contributed by atoms with Gasteiger partial charge in [0, 0.05) is 25.6 Å². The third-order valence-corrected chi connectivity index (χ3v) is 6.26. The monoisotopic (exact) mass is 479 g/mol. The van der Waals surface area contributed by atoms with Crippen molar-refractivity contribution in [2.24, 2.45) is 0 Å². The Balaban J connectivity index is 1.24. The predicted molar refractivity (Wildman–Crippen MR) is 127 cm³/mol. The molecule has 2 saturated heterocycles. The van der Waals surface area contributed by atoms with Gasteiger partial charge >= 0.3 is 6.09 Å². The number of carbonyl (C=O) groups is 2. The van der Waals surface area contributed by atoms with Gasteiger partial charge in [-0.1, -0.05) is 29.8 Å². The van der Waals surface area contributed by atoms with Crippen molar-refractivity contribution >= 4 is 23.4 Å². The Kier molecular flexibility index (Phi) is 6.06. The molecule has 0 aliphatic carbocycles. The molecule has 0 unspecified atom stereocenters.